The Kier molecular flexibility index (Phi) is 4.01. The molecule has 0 spiro atoms. The van der Waals surface area contributed by atoms with E-state index in [1.165, 1.54) is 13.0 Å². The Morgan fingerprint density at radius 1 is 1.30 bits per heavy atom. The minimum absolute atomic E-state index is 0.152. The Balaban J connectivity index is 2.40. The molecule has 0 radical (unpaired) electrons. The molecule has 1 aliphatic heterocycles. The molecule has 0 aromatic heterocycles. The zero-order valence-corrected chi connectivity index (χ0v) is 11.0. The fourth-order valence-electron chi connectivity index (χ4n) is 2.43. The van der Waals surface area contributed by atoms with Crippen LogP contribution in [0.15, 0.2) is 12.1 Å². The fourth-order valence-corrected chi connectivity index (χ4v) is 2.43. The van der Waals surface area contributed by atoms with Crippen LogP contribution in [0.1, 0.15) is 35.2 Å². The molecule has 1 amide bonds. The first-order valence-electron chi connectivity index (χ1n) is 6.42. The minimum Gasteiger partial charge on any atom is -0.480 e. The SMILES string of the molecule is Cc1ccc(F)c(C(=O)N2CCCC[C@@H]2C(=O)O)c1F. The number of aryl methyl sites for hydroxylation is 1. The summed E-state index contributed by atoms with van der Waals surface area (Å²) in [6, 6.07) is 1.24. The molecule has 0 aliphatic carbocycles. The number of benzene rings is 1. The predicted molar refractivity (Wildman–Crippen MR) is 67.4 cm³/mol. The van der Waals surface area contributed by atoms with Gasteiger partial charge in [0.1, 0.15) is 23.2 Å². The second-order valence-electron chi connectivity index (χ2n) is 4.90. The number of carbonyl (C=O) groups is 2. The lowest BCUT2D eigenvalue weighted by Crippen LogP contribution is -2.48. The van der Waals surface area contributed by atoms with Crippen LogP contribution in [0.4, 0.5) is 8.78 Å². The van der Waals surface area contributed by atoms with E-state index in [1.54, 1.807) is 0 Å². The largest absolute Gasteiger partial charge is 0.480 e. The number of carboxylic acid groups (broad SMARTS) is 1. The molecule has 1 fully saturated rings. The molecular weight excluding hydrogens is 268 g/mol. The highest BCUT2D eigenvalue weighted by molar-refractivity contribution is 5.97. The van der Waals surface area contributed by atoms with Gasteiger partial charge in [-0.15, -0.1) is 0 Å². The number of carboxylic acids is 1. The summed E-state index contributed by atoms with van der Waals surface area (Å²) in [4.78, 5) is 24.5. The number of hydrogen-bond donors (Lipinski definition) is 1. The molecule has 1 saturated heterocycles. The normalized spacial score (nSPS) is 18.9. The van der Waals surface area contributed by atoms with Gasteiger partial charge in [-0.3, -0.25) is 4.79 Å². The molecule has 1 atom stereocenters. The van der Waals surface area contributed by atoms with Gasteiger partial charge in [0.05, 0.1) is 0 Å². The van der Waals surface area contributed by atoms with E-state index in [0.717, 1.165) is 11.0 Å². The van der Waals surface area contributed by atoms with Crippen molar-refractivity contribution in [2.24, 2.45) is 0 Å². The van der Waals surface area contributed by atoms with Crippen LogP contribution in [-0.2, 0) is 4.79 Å². The molecule has 1 aromatic rings. The number of piperidine rings is 1. The third-order valence-electron chi connectivity index (χ3n) is 3.55. The van der Waals surface area contributed by atoms with Crippen molar-refractivity contribution in [3.8, 4) is 0 Å². The van der Waals surface area contributed by atoms with Gasteiger partial charge in [-0.25, -0.2) is 13.6 Å². The number of hydrogen-bond acceptors (Lipinski definition) is 2. The second-order valence-corrected chi connectivity index (χ2v) is 4.90. The third-order valence-corrected chi connectivity index (χ3v) is 3.55. The van der Waals surface area contributed by atoms with E-state index in [9.17, 15) is 18.4 Å². The van der Waals surface area contributed by atoms with Crippen molar-refractivity contribution >= 4 is 11.9 Å². The van der Waals surface area contributed by atoms with Crippen LogP contribution in [0.3, 0.4) is 0 Å². The zero-order valence-electron chi connectivity index (χ0n) is 11.0. The summed E-state index contributed by atoms with van der Waals surface area (Å²) in [6.07, 6.45) is 1.61. The van der Waals surface area contributed by atoms with E-state index >= 15 is 0 Å². The van der Waals surface area contributed by atoms with Crippen LogP contribution in [0.5, 0.6) is 0 Å². The third kappa shape index (κ3) is 2.50. The van der Waals surface area contributed by atoms with Crippen molar-refractivity contribution in [2.75, 3.05) is 6.54 Å². The molecule has 6 heteroatoms. The summed E-state index contributed by atoms with van der Waals surface area (Å²) < 4.78 is 27.7. The average Bonchev–Trinajstić information content (AvgIpc) is 2.43. The van der Waals surface area contributed by atoms with Gasteiger partial charge in [-0.2, -0.15) is 0 Å². The molecule has 0 saturated carbocycles. The highest BCUT2D eigenvalue weighted by Gasteiger charge is 2.34. The van der Waals surface area contributed by atoms with Gasteiger partial charge in [-0.05, 0) is 37.8 Å². The molecule has 108 valence electrons. The summed E-state index contributed by atoms with van der Waals surface area (Å²) in [6.45, 7) is 1.62. The minimum atomic E-state index is -1.15. The Bertz CT molecular complexity index is 560. The molecule has 1 heterocycles. The molecule has 4 nitrogen and oxygen atoms in total. The van der Waals surface area contributed by atoms with Crippen LogP contribution < -0.4 is 0 Å². The molecule has 0 unspecified atom stereocenters. The standard InChI is InChI=1S/C14H15F2NO3/c1-8-5-6-9(15)11(12(8)16)13(18)17-7-3-2-4-10(17)14(19)20/h5-6,10H,2-4,7H2,1H3,(H,19,20)/t10-/m1/s1. The lowest BCUT2D eigenvalue weighted by Gasteiger charge is -2.33. The molecule has 20 heavy (non-hydrogen) atoms. The highest BCUT2D eigenvalue weighted by Crippen LogP contribution is 2.24. The smallest absolute Gasteiger partial charge is 0.326 e. The van der Waals surface area contributed by atoms with Crippen LogP contribution >= 0.6 is 0 Å². The van der Waals surface area contributed by atoms with Crippen LogP contribution in [0, 0.1) is 18.6 Å². The monoisotopic (exact) mass is 283 g/mol. The molecular formula is C14H15F2NO3. The van der Waals surface area contributed by atoms with Crippen molar-refractivity contribution in [1.29, 1.82) is 0 Å². The molecule has 0 bridgehead atoms. The maximum Gasteiger partial charge on any atom is 0.326 e. The van der Waals surface area contributed by atoms with Gasteiger partial charge in [0.25, 0.3) is 5.91 Å². The Hall–Kier alpha value is -1.98. The number of nitrogens with zero attached hydrogens (tertiary/aromatic N) is 1. The predicted octanol–water partition coefficient (Wildman–Crippen LogP) is 2.35. The molecule has 2 rings (SSSR count). The first-order valence-corrected chi connectivity index (χ1v) is 6.42. The van der Waals surface area contributed by atoms with Crippen molar-refractivity contribution < 1.29 is 23.5 Å². The molecule has 1 N–H and O–H groups in total. The Labute approximate surface area is 115 Å². The van der Waals surface area contributed by atoms with Crippen molar-refractivity contribution in [1.82, 2.24) is 4.90 Å². The van der Waals surface area contributed by atoms with Gasteiger partial charge >= 0.3 is 5.97 Å². The Morgan fingerprint density at radius 2 is 2.00 bits per heavy atom. The average molecular weight is 283 g/mol. The lowest BCUT2D eigenvalue weighted by molar-refractivity contribution is -0.143. The van der Waals surface area contributed by atoms with Gasteiger partial charge < -0.3 is 10.0 Å². The number of rotatable bonds is 2. The summed E-state index contributed by atoms with van der Waals surface area (Å²) in [5.74, 6) is -3.93. The van der Waals surface area contributed by atoms with Gasteiger partial charge in [-0.1, -0.05) is 6.07 Å². The number of likely N-dealkylation sites (tertiary alicyclic amines) is 1. The first-order chi connectivity index (χ1) is 9.43. The van der Waals surface area contributed by atoms with E-state index in [-0.39, 0.29) is 12.1 Å². The second kappa shape index (κ2) is 5.56. The van der Waals surface area contributed by atoms with Crippen molar-refractivity contribution in [2.45, 2.75) is 32.2 Å². The van der Waals surface area contributed by atoms with Crippen LogP contribution in [-0.4, -0.2) is 34.5 Å². The topological polar surface area (TPSA) is 57.6 Å². The Morgan fingerprint density at radius 3 is 2.65 bits per heavy atom. The van der Waals surface area contributed by atoms with Crippen LogP contribution in [0.25, 0.3) is 0 Å². The fraction of sp³-hybridized carbons (Fsp3) is 0.429. The van der Waals surface area contributed by atoms with E-state index in [0.29, 0.717) is 19.3 Å². The van der Waals surface area contributed by atoms with E-state index in [2.05, 4.69) is 0 Å². The van der Waals surface area contributed by atoms with Gasteiger partial charge in [0, 0.05) is 6.54 Å². The summed E-state index contributed by atoms with van der Waals surface area (Å²) in [5.41, 5.74) is -0.517. The quantitative estimate of drug-likeness (QED) is 0.906. The van der Waals surface area contributed by atoms with Gasteiger partial charge in [0.2, 0.25) is 0 Å². The van der Waals surface area contributed by atoms with E-state index < -0.39 is 35.1 Å². The summed E-state index contributed by atoms with van der Waals surface area (Å²) in [7, 11) is 0. The van der Waals surface area contributed by atoms with Gasteiger partial charge in [0.15, 0.2) is 0 Å². The van der Waals surface area contributed by atoms with E-state index in [1.807, 2.05) is 0 Å². The first kappa shape index (κ1) is 14.4. The van der Waals surface area contributed by atoms with Crippen molar-refractivity contribution in [3.05, 3.63) is 34.9 Å². The summed E-state index contributed by atoms with van der Waals surface area (Å²) >= 11 is 0. The maximum atomic E-state index is 14.0. The number of carbonyl (C=O) groups excluding carboxylic acids is 1. The zero-order chi connectivity index (χ0) is 14.9. The number of amides is 1. The summed E-state index contributed by atoms with van der Waals surface area (Å²) in [5, 5.41) is 9.12. The lowest BCUT2D eigenvalue weighted by atomic mass is 10.00. The number of aliphatic carboxylic acids is 1. The maximum absolute atomic E-state index is 14.0. The highest BCUT2D eigenvalue weighted by atomic mass is 19.1. The van der Waals surface area contributed by atoms with Crippen molar-refractivity contribution in [3.63, 3.8) is 0 Å². The number of halogens is 2. The molecule has 1 aliphatic rings. The van der Waals surface area contributed by atoms with Crippen LogP contribution in [0.2, 0.25) is 0 Å². The van der Waals surface area contributed by atoms with E-state index in [4.69, 9.17) is 5.11 Å². The molecule has 1 aromatic carbocycles.